The van der Waals surface area contributed by atoms with Crippen molar-refractivity contribution in [3.63, 3.8) is 0 Å². The van der Waals surface area contributed by atoms with Crippen LogP contribution in [-0.2, 0) is 4.74 Å². The first-order chi connectivity index (χ1) is 12.1. The van der Waals surface area contributed by atoms with Gasteiger partial charge in [0.05, 0.1) is 6.04 Å². The molecule has 2 aromatic carbocycles. The fraction of sp³-hybridized carbons (Fsp3) is 0.350. The molecular formula is C20H23FN2O2. The average molecular weight is 342 g/mol. The smallest absolute Gasteiger partial charge is 0.318 e. The molecule has 0 bridgehead atoms. The lowest BCUT2D eigenvalue weighted by Gasteiger charge is -2.32. The molecule has 0 aromatic heterocycles. The van der Waals surface area contributed by atoms with Gasteiger partial charge in [-0.05, 0) is 36.1 Å². The van der Waals surface area contributed by atoms with Gasteiger partial charge >= 0.3 is 6.03 Å². The first kappa shape index (κ1) is 17.4. The van der Waals surface area contributed by atoms with Gasteiger partial charge in [-0.3, -0.25) is 0 Å². The fourth-order valence-electron chi connectivity index (χ4n) is 3.16. The van der Waals surface area contributed by atoms with Crippen molar-refractivity contribution in [1.29, 1.82) is 0 Å². The van der Waals surface area contributed by atoms with Crippen LogP contribution in [0.5, 0.6) is 0 Å². The van der Waals surface area contributed by atoms with E-state index in [0.29, 0.717) is 13.2 Å². The molecule has 1 aliphatic rings. The van der Waals surface area contributed by atoms with Gasteiger partial charge in [-0.1, -0.05) is 42.5 Å². The second kappa shape index (κ2) is 8.12. The molecule has 1 saturated heterocycles. The summed E-state index contributed by atoms with van der Waals surface area (Å²) in [6, 6.07) is 15.8. The van der Waals surface area contributed by atoms with Gasteiger partial charge in [0, 0.05) is 26.3 Å². The lowest BCUT2D eigenvalue weighted by atomic mass is 9.97. The van der Waals surface area contributed by atoms with Crippen molar-refractivity contribution < 1.29 is 13.9 Å². The lowest BCUT2D eigenvalue weighted by Crippen LogP contribution is -2.46. The minimum absolute atomic E-state index is 0.133. The molecule has 3 rings (SSSR count). The number of ether oxygens (including phenoxy) is 1. The lowest BCUT2D eigenvalue weighted by molar-refractivity contribution is 0.0780. The maximum absolute atomic E-state index is 13.3. The third-order valence-electron chi connectivity index (χ3n) is 4.56. The van der Waals surface area contributed by atoms with Crippen molar-refractivity contribution in [1.82, 2.24) is 10.2 Å². The predicted octanol–water partition coefficient (Wildman–Crippen LogP) is 3.74. The molecule has 2 amide bonds. The van der Waals surface area contributed by atoms with Crippen LogP contribution in [0.3, 0.4) is 0 Å². The third-order valence-corrected chi connectivity index (χ3v) is 4.56. The van der Waals surface area contributed by atoms with Gasteiger partial charge in [0.15, 0.2) is 0 Å². The number of nitrogens with zero attached hydrogens (tertiary/aromatic N) is 1. The standard InChI is InChI=1S/C20H23FN2O2/c1-23(20(24)22-18-11-13-25-14-12-18)19(15-5-3-2-4-6-15)16-7-9-17(21)10-8-16/h2-10,18-19H,11-14H2,1H3,(H,22,24)/t19-/m1/s1. The normalized spacial score (nSPS) is 16.2. The number of carbonyl (C=O) groups is 1. The highest BCUT2D eigenvalue weighted by Crippen LogP contribution is 2.28. The minimum atomic E-state index is -0.287. The first-order valence-electron chi connectivity index (χ1n) is 8.56. The second-order valence-electron chi connectivity index (χ2n) is 6.31. The molecule has 2 aromatic rings. The molecule has 1 N–H and O–H groups in total. The van der Waals surface area contributed by atoms with Crippen LogP contribution in [0, 0.1) is 5.82 Å². The zero-order chi connectivity index (χ0) is 17.6. The summed E-state index contributed by atoms with van der Waals surface area (Å²) in [5.41, 5.74) is 1.86. The molecule has 1 atom stereocenters. The number of hydrogen-bond acceptors (Lipinski definition) is 2. The molecule has 0 unspecified atom stereocenters. The van der Waals surface area contributed by atoms with E-state index in [1.54, 1.807) is 24.1 Å². The maximum atomic E-state index is 13.3. The molecular weight excluding hydrogens is 319 g/mol. The highest BCUT2D eigenvalue weighted by molar-refractivity contribution is 5.75. The van der Waals surface area contributed by atoms with E-state index in [0.717, 1.165) is 24.0 Å². The Balaban J connectivity index is 1.82. The summed E-state index contributed by atoms with van der Waals surface area (Å²) in [7, 11) is 1.77. The van der Waals surface area contributed by atoms with Gasteiger partial charge < -0.3 is 15.0 Å². The number of benzene rings is 2. The van der Waals surface area contributed by atoms with E-state index in [9.17, 15) is 9.18 Å². The molecule has 132 valence electrons. The van der Waals surface area contributed by atoms with Crippen LogP contribution >= 0.6 is 0 Å². The van der Waals surface area contributed by atoms with Gasteiger partial charge in [0.25, 0.3) is 0 Å². The Labute approximate surface area is 147 Å². The first-order valence-corrected chi connectivity index (χ1v) is 8.56. The van der Waals surface area contributed by atoms with E-state index in [1.807, 2.05) is 30.3 Å². The molecule has 0 radical (unpaired) electrons. The number of carbonyl (C=O) groups excluding carboxylic acids is 1. The topological polar surface area (TPSA) is 41.6 Å². The van der Waals surface area contributed by atoms with E-state index < -0.39 is 0 Å². The number of nitrogens with one attached hydrogen (secondary N) is 1. The Morgan fingerprint density at radius 2 is 1.68 bits per heavy atom. The number of hydrogen-bond donors (Lipinski definition) is 1. The number of rotatable bonds is 4. The second-order valence-corrected chi connectivity index (χ2v) is 6.31. The van der Waals surface area contributed by atoms with E-state index in [1.165, 1.54) is 12.1 Å². The van der Waals surface area contributed by atoms with Crippen LogP contribution in [0.2, 0.25) is 0 Å². The average Bonchev–Trinajstić information content (AvgIpc) is 2.65. The minimum Gasteiger partial charge on any atom is -0.381 e. The Hall–Kier alpha value is -2.40. The fourth-order valence-corrected chi connectivity index (χ4v) is 3.16. The SMILES string of the molecule is CN(C(=O)NC1CCOCC1)[C@H](c1ccccc1)c1ccc(F)cc1. The highest BCUT2D eigenvalue weighted by Gasteiger charge is 2.25. The van der Waals surface area contributed by atoms with Gasteiger partial charge in [0.1, 0.15) is 5.82 Å². The summed E-state index contributed by atoms with van der Waals surface area (Å²) >= 11 is 0. The highest BCUT2D eigenvalue weighted by atomic mass is 19.1. The molecule has 0 spiro atoms. The molecule has 1 heterocycles. The van der Waals surface area contributed by atoms with E-state index in [2.05, 4.69) is 5.32 Å². The largest absolute Gasteiger partial charge is 0.381 e. The molecule has 25 heavy (non-hydrogen) atoms. The zero-order valence-corrected chi connectivity index (χ0v) is 14.3. The summed E-state index contributed by atoms with van der Waals surface area (Å²) in [5.74, 6) is -0.287. The van der Waals surface area contributed by atoms with Gasteiger partial charge in [-0.15, -0.1) is 0 Å². The predicted molar refractivity (Wildman–Crippen MR) is 94.8 cm³/mol. The number of urea groups is 1. The van der Waals surface area contributed by atoms with Crippen LogP contribution in [0.25, 0.3) is 0 Å². The molecule has 5 heteroatoms. The molecule has 0 aliphatic carbocycles. The summed E-state index contributed by atoms with van der Waals surface area (Å²) in [5, 5.41) is 3.08. The van der Waals surface area contributed by atoms with Crippen LogP contribution in [0.4, 0.5) is 9.18 Å². The molecule has 1 aliphatic heterocycles. The molecule has 1 fully saturated rings. The van der Waals surface area contributed by atoms with Crippen LogP contribution in [-0.4, -0.2) is 37.2 Å². The monoisotopic (exact) mass is 342 g/mol. The Morgan fingerprint density at radius 3 is 2.32 bits per heavy atom. The van der Waals surface area contributed by atoms with Crippen molar-refractivity contribution in [3.8, 4) is 0 Å². The van der Waals surface area contributed by atoms with Crippen LogP contribution in [0.15, 0.2) is 54.6 Å². The number of halogens is 1. The van der Waals surface area contributed by atoms with Crippen LogP contribution in [0.1, 0.15) is 30.0 Å². The zero-order valence-electron chi connectivity index (χ0n) is 14.3. The Bertz CT molecular complexity index is 685. The van der Waals surface area contributed by atoms with Crippen molar-refractivity contribution in [2.75, 3.05) is 20.3 Å². The quantitative estimate of drug-likeness (QED) is 0.920. The van der Waals surface area contributed by atoms with Crippen LogP contribution < -0.4 is 5.32 Å². The summed E-state index contributed by atoms with van der Waals surface area (Å²) in [6.07, 6.45) is 1.65. The summed E-state index contributed by atoms with van der Waals surface area (Å²) in [6.45, 7) is 1.35. The third kappa shape index (κ3) is 4.37. The number of amides is 2. The van der Waals surface area contributed by atoms with E-state index >= 15 is 0 Å². The van der Waals surface area contributed by atoms with Gasteiger partial charge in [-0.2, -0.15) is 0 Å². The van der Waals surface area contributed by atoms with E-state index in [4.69, 9.17) is 4.74 Å². The Kier molecular flexibility index (Phi) is 5.66. The molecule has 4 nitrogen and oxygen atoms in total. The summed E-state index contributed by atoms with van der Waals surface area (Å²) < 4.78 is 18.7. The van der Waals surface area contributed by atoms with E-state index in [-0.39, 0.29) is 23.9 Å². The van der Waals surface area contributed by atoms with Crippen molar-refractivity contribution in [3.05, 3.63) is 71.5 Å². The van der Waals surface area contributed by atoms with Gasteiger partial charge in [0.2, 0.25) is 0 Å². The van der Waals surface area contributed by atoms with Gasteiger partial charge in [-0.25, -0.2) is 9.18 Å². The maximum Gasteiger partial charge on any atom is 0.318 e. The Morgan fingerprint density at radius 1 is 1.08 bits per heavy atom. The summed E-state index contributed by atoms with van der Waals surface area (Å²) in [4.78, 5) is 14.4. The van der Waals surface area contributed by atoms with Crippen molar-refractivity contribution >= 4 is 6.03 Å². The molecule has 0 saturated carbocycles. The van der Waals surface area contributed by atoms with Crippen molar-refractivity contribution in [2.45, 2.75) is 24.9 Å². The van der Waals surface area contributed by atoms with Crippen molar-refractivity contribution in [2.24, 2.45) is 0 Å².